The van der Waals surface area contributed by atoms with E-state index in [0.717, 1.165) is 39.3 Å². The molecule has 182 valence electrons. The van der Waals surface area contributed by atoms with Crippen molar-refractivity contribution >= 4 is 17.9 Å². The lowest BCUT2D eigenvalue weighted by Gasteiger charge is -2.29. The highest BCUT2D eigenvalue weighted by Gasteiger charge is 2.12. The smallest absolute Gasteiger partial charge is 0.306 e. The molecule has 0 aromatic heterocycles. The molecule has 0 aromatic rings. The SMILES string of the molecule is COC(=O)CCN(C)CCN(CCN(C)CCC(=O)OC)CCN(C)CCC(=O)OC. The third-order valence-corrected chi connectivity index (χ3v) is 5.17. The molecule has 0 aliphatic carbocycles. The first kappa shape index (κ1) is 29.2. The topological polar surface area (TPSA) is 91.9 Å². The lowest BCUT2D eigenvalue weighted by atomic mass is 10.3. The van der Waals surface area contributed by atoms with E-state index >= 15 is 0 Å². The van der Waals surface area contributed by atoms with Gasteiger partial charge in [0.05, 0.1) is 40.6 Å². The second-order valence-corrected chi connectivity index (χ2v) is 7.73. The zero-order chi connectivity index (χ0) is 23.6. The van der Waals surface area contributed by atoms with E-state index < -0.39 is 0 Å². The van der Waals surface area contributed by atoms with Crippen molar-refractivity contribution < 1.29 is 28.6 Å². The number of ether oxygens (including phenoxy) is 3. The molecule has 10 nitrogen and oxygen atoms in total. The zero-order valence-corrected chi connectivity index (χ0v) is 20.2. The summed E-state index contributed by atoms with van der Waals surface area (Å²) >= 11 is 0. The standard InChI is InChI=1S/C21H42N4O6/c1-22(10-7-19(26)29-4)13-16-25(17-14-23(2)11-8-20(27)30-5)18-15-24(3)12-9-21(28)31-6/h7-18H2,1-6H3. The van der Waals surface area contributed by atoms with Crippen LogP contribution < -0.4 is 0 Å². The van der Waals surface area contributed by atoms with Gasteiger partial charge in [0.25, 0.3) is 0 Å². The maximum atomic E-state index is 11.3. The maximum Gasteiger partial charge on any atom is 0.306 e. The second-order valence-electron chi connectivity index (χ2n) is 7.73. The van der Waals surface area contributed by atoms with Crippen molar-refractivity contribution in [1.82, 2.24) is 19.6 Å². The molecule has 0 bridgehead atoms. The number of hydrogen-bond donors (Lipinski definition) is 0. The van der Waals surface area contributed by atoms with E-state index in [-0.39, 0.29) is 17.9 Å². The van der Waals surface area contributed by atoms with Crippen LogP contribution in [0.25, 0.3) is 0 Å². The van der Waals surface area contributed by atoms with Crippen molar-refractivity contribution in [3.05, 3.63) is 0 Å². The molecule has 31 heavy (non-hydrogen) atoms. The normalized spacial score (nSPS) is 11.4. The molecule has 0 unspecified atom stereocenters. The van der Waals surface area contributed by atoms with Crippen LogP contribution in [0.15, 0.2) is 0 Å². The fourth-order valence-electron chi connectivity index (χ4n) is 2.76. The third kappa shape index (κ3) is 16.6. The highest BCUT2D eigenvalue weighted by Crippen LogP contribution is 1.98. The first-order valence-corrected chi connectivity index (χ1v) is 10.7. The number of hydrogen-bond acceptors (Lipinski definition) is 10. The van der Waals surface area contributed by atoms with E-state index in [9.17, 15) is 14.4 Å². The molecule has 0 heterocycles. The molecule has 0 rings (SSSR count). The summed E-state index contributed by atoms with van der Waals surface area (Å²) in [7, 11) is 10.2. The van der Waals surface area contributed by atoms with E-state index in [1.165, 1.54) is 21.3 Å². The van der Waals surface area contributed by atoms with Crippen molar-refractivity contribution in [2.45, 2.75) is 19.3 Å². The Balaban J connectivity index is 4.53. The Morgan fingerprint density at radius 3 is 0.968 bits per heavy atom. The summed E-state index contributed by atoms with van der Waals surface area (Å²) in [6.45, 7) is 7.00. The molecule has 0 spiro atoms. The van der Waals surface area contributed by atoms with Crippen LogP contribution in [0.1, 0.15) is 19.3 Å². The molecule has 0 radical (unpaired) electrons. The highest BCUT2D eigenvalue weighted by atomic mass is 16.5. The van der Waals surface area contributed by atoms with Gasteiger partial charge in [0.2, 0.25) is 0 Å². The summed E-state index contributed by atoms with van der Waals surface area (Å²) in [5, 5.41) is 0. The van der Waals surface area contributed by atoms with Crippen LogP contribution in [0.4, 0.5) is 0 Å². The number of esters is 3. The first-order valence-electron chi connectivity index (χ1n) is 10.7. The van der Waals surface area contributed by atoms with Gasteiger partial charge in [-0.15, -0.1) is 0 Å². The highest BCUT2D eigenvalue weighted by molar-refractivity contribution is 5.69. The van der Waals surface area contributed by atoms with Gasteiger partial charge >= 0.3 is 17.9 Å². The van der Waals surface area contributed by atoms with E-state index in [1.54, 1.807) is 0 Å². The lowest BCUT2D eigenvalue weighted by Crippen LogP contribution is -2.42. The van der Waals surface area contributed by atoms with Crippen molar-refractivity contribution in [3.63, 3.8) is 0 Å². The molecule has 0 saturated heterocycles. The molecule has 0 amide bonds. The van der Waals surface area contributed by atoms with Crippen LogP contribution >= 0.6 is 0 Å². The van der Waals surface area contributed by atoms with Gasteiger partial charge in [-0.05, 0) is 21.1 Å². The van der Waals surface area contributed by atoms with E-state index in [0.29, 0.717) is 38.9 Å². The van der Waals surface area contributed by atoms with Gasteiger partial charge in [0, 0.05) is 58.9 Å². The molecule has 0 aliphatic rings. The van der Waals surface area contributed by atoms with Crippen molar-refractivity contribution in [2.75, 3.05) is 101 Å². The van der Waals surface area contributed by atoms with E-state index in [1.807, 2.05) is 21.1 Å². The second kappa shape index (κ2) is 17.9. The molecule has 10 heteroatoms. The average Bonchev–Trinajstić information content (AvgIpc) is 2.78. The number of likely N-dealkylation sites (N-methyl/N-ethyl adjacent to an activating group) is 3. The summed E-state index contributed by atoms with van der Waals surface area (Å²) in [6, 6.07) is 0. The third-order valence-electron chi connectivity index (χ3n) is 5.17. The number of methoxy groups -OCH3 is 3. The molecular weight excluding hydrogens is 404 g/mol. The molecule has 0 N–H and O–H groups in total. The van der Waals surface area contributed by atoms with Crippen molar-refractivity contribution in [3.8, 4) is 0 Å². The largest absolute Gasteiger partial charge is 0.469 e. The average molecular weight is 447 g/mol. The van der Waals surface area contributed by atoms with Crippen molar-refractivity contribution in [2.24, 2.45) is 0 Å². The molecule has 0 aromatic carbocycles. The van der Waals surface area contributed by atoms with Crippen LogP contribution in [-0.2, 0) is 28.6 Å². The predicted molar refractivity (Wildman–Crippen MR) is 119 cm³/mol. The number of carbonyl (C=O) groups excluding carboxylic acids is 3. The van der Waals surface area contributed by atoms with Gasteiger partial charge < -0.3 is 28.9 Å². The quantitative estimate of drug-likeness (QED) is 0.208. The van der Waals surface area contributed by atoms with E-state index in [4.69, 9.17) is 14.2 Å². The Hall–Kier alpha value is -1.75. The van der Waals surface area contributed by atoms with Gasteiger partial charge in [-0.1, -0.05) is 0 Å². The minimum atomic E-state index is -0.205. The summed E-state index contributed by atoms with van der Waals surface area (Å²) in [5.41, 5.74) is 0. The van der Waals surface area contributed by atoms with E-state index in [2.05, 4.69) is 19.6 Å². The van der Waals surface area contributed by atoms with Crippen LogP contribution in [0.5, 0.6) is 0 Å². The molecule has 0 aliphatic heterocycles. The molecular formula is C21H42N4O6. The van der Waals surface area contributed by atoms with Crippen LogP contribution in [0, 0.1) is 0 Å². The van der Waals surface area contributed by atoms with Gasteiger partial charge in [0.15, 0.2) is 0 Å². The summed E-state index contributed by atoms with van der Waals surface area (Å²) in [4.78, 5) is 42.7. The summed E-state index contributed by atoms with van der Waals surface area (Å²) < 4.78 is 14.1. The first-order chi connectivity index (χ1) is 14.7. The fourth-order valence-corrected chi connectivity index (χ4v) is 2.76. The van der Waals surface area contributed by atoms with Gasteiger partial charge in [0.1, 0.15) is 0 Å². The summed E-state index contributed by atoms with van der Waals surface area (Å²) in [6.07, 6.45) is 1.12. The van der Waals surface area contributed by atoms with Gasteiger partial charge in [-0.25, -0.2) is 0 Å². The summed E-state index contributed by atoms with van der Waals surface area (Å²) in [5.74, 6) is -0.616. The minimum Gasteiger partial charge on any atom is -0.469 e. The number of carbonyl (C=O) groups is 3. The van der Waals surface area contributed by atoms with Gasteiger partial charge in [-0.2, -0.15) is 0 Å². The Labute approximate surface area is 187 Å². The Morgan fingerprint density at radius 2 is 0.742 bits per heavy atom. The Morgan fingerprint density at radius 1 is 0.484 bits per heavy atom. The van der Waals surface area contributed by atoms with Crippen LogP contribution in [0.3, 0.4) is 0 Å². The number of nitrogens with zero attached hydrogens (tertiary/aromatic N) is 4. The molecule has 0 atom stereocenters. The number of rotatable bonds is 18. The fraction of sp³-hybridized carbons (Fsp3) is 0.857. The molecule has 0 fully saturated rings. The van der Waals surface area contributed by atoms with Crippen LogP contribution in [-0.4, -0.2) is 139 Å². The lowest BCUT2D eigenvalue weighted by molar-refractivity contribution is -0.141. The Bertz CT molecular complexity index is 449. The predicted octanol–water partition coefficient (Wildman–Crippen LogP) is -0.227. The maximum absolute atomic E-state index is 11.3. The molecule has 0 saturated carbocycles. The minimum absolute atomic E-state index is 0.205. The van der Waals surface area contributed by atoms with Gasteiger partial charge in [-0.3, -0.25) is 19.3 Å². The monoisotopic (exact) mass is 446 g/mol. The Kier molecular flexibility index (Phi) is 16.9. The van der Waals surface area contributed by atoms with Crippen LogP contribution in [0.2, 0.25) is 0 Å². The zero-order valence-electron chi connectivity index (χ0n) is 20.2. The van der Waals surface area contributed by atoms with Crippen molar-refractivity contribution in [1.29, 1.82) is 0 Å².